The molecule has 1 N–H and O–H groups in total. The summed E-state index contributed by atoms with van der Waals surface area (Å²) in [4.78, 5) is 11.1. The molecule has 0 fully saturated rings. The molecular formula is C12H9IN2O2S. The number of halogens is 1. The van der Waals surface area contributed by atoms with Crippen LogP contribution in [0, 0.1) is 13.7 Å². The minimum Gasteiger partial charge on any atom is -0.324 e. The van der Waals surface area contributed by atoms with Gasteiger partial charge in [-0.15, -0.1) is 0 Å². The van der Waals surface area contributed by atoms with Crippen LogP contribution in [-0.4, -0.2) is 4.92 Å². The maximum atomic E-state index is 10.9. The maximum Gasteiger partial charge on any atom is 0.284 e. The summed E-state index contributed by atoms with van der Waals surface area (Å²) in [7, 11) is 0. The summed E-state index contributed by atoms with van der Waals surface area (Å²) in [5, 5.41) is 10.9. The molecule has 0 spiro atoms. The van der Waals surface area contributed by atoms with Gasteiger partial charge in [0.2, 0.25) is 0 Å². The Kier molecular flexibility index (Phi) is 4.43. The number of hydrogen-bond acceptors (Lipinski definition) is 4. The Morgan fingerprint density at radius 2 is 1.78 bits per heavy atom. The van der Waals surface area contributed by atoms with Crippen LogP contribution in [0.15, 0.2) is 53.4 Å². The van der Waals surface area contributed by atoms with Gasteiger partial charge in [0.15, 0.2) is 0 Å². The van der Waals surface area contributed by atoms with Crippen LogP contribution in [0.3, 0.4) is 0 Å². The molecule has 2 rings (SSSR count). The first kappa shape index (κ1) is 13.2. The fourth-order valence-electron chi connectivity index (χ4n) is 1.35. The van der Waals surface area contributed by atoms with Crippen molar-refractivity contribution >= 4 is 45.9 Å². The molecule has 0 saturated heterocycles. The Balaban J connectivity index is 2.16. The highest BCUT2D eigenvalue weighted by atomic mass is 127. The van der Waals surface area contributed by atoms with E-state index in [1.165, 1.54) is 18.0 Å². The monoisotopic (exact) mass is 372 g/mol. The van der Waals surface area contributed by atoms with Crippen LogP contribution in [0.4, 0.5) is 11.4 Å². The smallest absolute Gasteiger partial charge is 0.284 e. The van der Waals surface area contributed by atoms with Gasteiger partial charge >= 0.3 is 0 Å². The molecule has 0 aliphatic carbocycles. The first-order valence-corrected chi connectivity index (χ1v) is 6.99. The van der Waals surface area contributed by atoms with Crippen molar-refractivity contribution in [2.24, 2.45) is 0 Å². The molecule has 2 aromatic rings. The lowest BCUT2D eigenvalue weighted by Gasteiger charge is -2.07. The van der Waals surface area contributed by atoms with Crippen LogP contribution < -0.4 is 4.72 Å². The number of benzene rings is 2. The lowest BCUT2D eigenvalue weighted by atomic mass is 10.3. The Hall–Kier alpha value is -1.28. The lowest BCUT2D eigenvalue weighted by Crippen LogP contribution is -1.94. The third-order valence-electron chi connectivity index (χ3n) is 2.21. The van der Waals surface area contributed by atoms with Gasteiger partial charge < -0.3 is 4.72 Å². The molecule has 0 aliphatic rings. The number of nitro benzene ring substituents is 1. The second kappa shape index (κ2) is 6.05. The molecule has 0 saturated carbocycles. The normalized spacial score (nSPS) is 10.1. The van der Waals surface area contributed by atoms with E-state index < -0.39 is 0 Å². The fraction of sp³-hybridized carbons (Fsp3) is 0. The van der Waals surface area contributed by atoms with E-state index >= 15 is 0 Å². The molecule has 6 heteroatoms. The van der Waals surface area contributed by atoms with Gasteiger partial charge in [-0.05, 0) is 52.7 Å². The van der Waals surface area contributed by atoms with Crippen molar-refractivity contribution in [1.82, 2.24) is 0 Å². The van der Waals surface area contributed by atoms with E-state index in [2.05, 4.69) is 27.3 Å². The van der Waals surface area contributed by atoms with E-state index in [1.54, 1.807) is 18.2 Å². The molecule has 0 radical (unpaired) electrons. The maximum absolute atomic E-state index is 10.9. The average Bonchev–Trinajstić information content (AvgIpc) is 2.38. The SMILES string of the molecule is O=[N+]([O-])c1ccccc1SNc1ccccc1I. The van der Waals surface area contributed by atoms with E-state index in [9.17, 15) is 10.1 Å². The molecule has 18 heavy (non-hydrogen) atoms. The quantitative estimate of drug-likeness (QED) is 0.376. The van der Waals surface area contributed by atoms with Crippen LogP contribution in [0.5, 0.6) is 0 Å². The molecular weight excluding hydrogens is 363 g/mol. The van der Waals surface area contributed by atoms with Gasteiger partial charge in [-0.1, -0.05) is 24.3 Å². The van der Waals surface area contributed by atoms with Crippen LogP contribution >= 0.6 is 34.5 Å². The number of para-hydroxylation sites is 2. The van der Waals surface area contributed by atoms with Gasteiger partial charge in [0, 0.05) is 9.64 Å². The van der Waals surface area contributed by atoms with Crippen molar-refractivity contribution < 1.29 is 4.92 Å². The van der Waals surface area contributed by atoms with Crippen molar-refractivity contribution in [1.29, 1.82) is 0 Å². The molecule has 2 aromatic carbocycles. The van der Waals surface area contributed by atoms with Crippen molar-refractivity contribution in [2.45, 2.75) is 4.90 Å². The largest absolute Gasteiger partial charge is 0.324 e. The van der Waals surface area contributed by atoms with Gasteiger partial charge in [0.25, 0.3) is 5.69 Å². The highest BCUT2D eigenvalue weighted by Crippen LogP contribution is 2.30. The number of nitrogens with zero attached hydrogens (tertiary/aromatic N) is 1. The third-order valence-corrected chi connectivity index (χ3v) is 4.03. The Morgan fingerprint density at radius 3 is 2.50 bits per heavy atom. The van der Waals surface area contributed by atoms with Crippen molar-refractivity contribution in [3.63, 3.8) is 0 Å². The summed E-state index contributed by atoms with van der Waals surface area (Å²) in [5.74, 6) is 0. The second-order valence-corrected chi connectivity index (χ2v) is 5.42. The number of nitro groups is 1. The van der Waals surface area contributed by atoms with Crippen LogP contribution in [0.1, 0.15) is 0 Å². The molecule has 0 aliphatic heterocycles. The fourth-order valence-corrected chi connectivity index (χ4v) is 2.85. The Morgan fingerprint density at radius 1 is 1.11 bits per heavy atom. The van der Waals surface area contributed by atoms with Crippen molar-refractivity contribution in [2.75, 3.05) is 4.72 Å². The molecule has 0 atom stereocenters. The highest BCUT2D eigenvalue weighted by molar-refractivity contribution is 14.1. The Labute approximate surface area is 122 Å². The van der Waals surface area contributed by atoms with E-state index in [0.29, 0.717) is 4.90 Å². The van der Waals surface area contributed by atoms with Crippen molar-refractivity contribution in [3.05, 3.63) is 62.2 Å². The first-order chi connectivity index (χ1) is 8.68. The summed E-state index contributed by atoms with van der Waals surface area (Å²) < 4.78 is 4.20. The topological polar surface area (TPSA) is 55.2 Å². The van der Waals surface area contributed by atoms with Crippen LogP contribution in [-0.2, 0) is 0 Å². The zero-order valence-corrected chi connectivity index (χ0v) is 12.1. The standard InChI is InChI=1S/C12H9IN2O2S/c13-9-5-1-2-6-10(9)14-18-12-8-4-3-7-11(12)15(16)17/h1-8,14H. The van der Waals surface area contributed by atoms with E-state index in [-0.39, 0.29) is 10.6 Å². The first-order valence-electron chi connectivity index (χ1n) is 5.09. The number of hydrogen-bond donors (Lipinski definition) is 1. The second-order valence-electron chi connectivity index (χ2n) is 3.41. The zero-order chi connectivity index (χ0) is 13.0. The number of nitrogens with one attached hydrogen (secondary N) is 1. The van der Waals surface area contributed by atoms with Gasteiger partial charge in [-0.25, -0.2) is 0 Å². The van der Waals surface area contributed by atoms with Crippen LogP contribution in [0.2, 0.25) is 0 Å². The molecule has 0 amide bonds. The van der Waals surface area contributed by atoms with E-state index in [0.717, 1.165) is 9.26 Å². The van der Waals surface area contributed by atoms with Crippen molar-refractivity contribution in [3.8, 4) is 0 Å². The predicted molar refractivity (Wildman–Crippen MR) is 81.7 cm³/mol. The van der Waals surface area contributed by atoms with E-state index in [1.807, 2.05) is 24.3 Å². The minimum atomic E-state index is -0.375. The van der Waals surface area contributed by atoms with E-state index in [4.69, 9.17) is 0 Å². The zero-order valence-electron chi connectivity index (χ0n) is 9.17. The Bertz CT molecular complexity index is 578. The molecule has 0 heterocycles. The molecule has 0 unspecified atom stereocenters. The summed E-state index contributed by atoms with van der Waals surface area (Å²) in [6.45, 7) is 0. The molecule has 0 bridgehead atoms. The number of rotatable bonds is 4. The van der Waals surface area contributed by atoms with Gasteiger partial charge in [-0.3, -0.25) is 10.1 Å². The third kappa shape index (κ3) is 3.14. The molecule has 0 aromatic heterocycles. The van der Waals surface area contributed by atoms with Gasteiger partial charge in [0.1, 0.15) is 4.90 Å². The number of anilines is 1. The highest BCUT2D eigenvalue weighted by Gasteiger charge is 2.13. The summed E-state index contributed by atoms with van der Waals surface area (Å²) >= 11 is 3.46. The average molecular weight is 372 g/mol. The predicted octanol–water partition coefficient (Wildman–Crippen LogP) is 4.32. The van der Waals surface area contributed by atoms with Crippen LogP contribution in [0.25, 0.3) is 0 Å². The molecule has 4 nitrogen and oxygen atoms in total. The van der Waals surface area contributed by atoms with Gasteiger partial charge in [0.05, 0.1) is 10.6 Å². The minimum absolute atomic E-state index is 0.112. The lowest BCUT2D eigenvalue weighted by molar-refractivity contribution is -0.387. The summed E-state index contributed by atoms with van der Waals surface area (Å²) in [5.41, 5.74) is 1.06. The molecule has 92 valence electrons. The van der Waals surface area contributed by atoms with Gasteiger partial charge in [-0.2, -0.15) is 0 Å². The summed E-state index contributed by atoms with van der Waals surface area (Å²) in [6.07, 6.45) is 0. The summed E-state index contributed by atoms with van der Waals surface area (Å²) in [6, 6.07) is 14.5.